The van der Waals surface area contributed by atoms with Gasteiger partial charge in [-0.3, -0.25) is 4.90 Å². The number of hydrogen-bond donors (Lipinski definition) is 3. The summed E-state index contributed by atoms with van der Waals surface area (Å²) in [5.41, 5.74) is 1.17. The third kappa shape index (κ3) is 7.12. The van der Waals surface area contributed by atoms with Crippen molar-refractivity contribution < 1.29 is 42.4 Å². The summed E-state index contributed by atoms with van der Waals surface area (Å²) in [6.07, 6.45) is 6.22. The number of alkyl halides is 3. The molecule has 2 bridgehead atoms. The second-order valence-electron chi connectivity index (χ2n) is 11.4. The molecule has 4 aromatic rings. The van der Waals surface area contributed by atoms with Gasteiger partial charge in [0, 0.05) is 29.9 Å². The molecule has 0 aromatic carbocycles. The summed E-state index contributed by atoms with van der Waals surface area (Å²) in [5, 5.41) is 24.7. The molecule has 250 valence electrons. The zero-order valence-corrected chi connectivity index (χ0v) is 26.2. The van der Waals surface area contributed by atoms with E-state index in [9.17, 15) is 14.3 Å². The van der Waals surface area contributed by atoms with Crippen LogP contribution in [0, 0.1) is 0 Å². The SMILES string of the molecule is COc1ccc(NC(=O)N2C3CC2C(F)(F)N(c2ccc(-c4cc(OCC(C)(C)O)cn5ncc(Cl)c45)cn2)C3)cn1.O=C(O)CF. The van der Waals surface area contributed by atoms with Crippen LogP contribution in [0.2, 0.25) is 5.02 Å². The molecular formula is C30H31ClF3N7O6. The molecule has 2 atom stereocenters. The number of nitrogens with one attached hydrogen (secondary N) is 1. The first-order valence-corrected chi connectivity index (χ1v) is 14.6. The molecule has 0 spiro atoms. The van der Waals surface area contributed by atoms with Gasteiger partial charge in [-0.05, 0) is 44.5 Å². The third-order valence-electron chi connectivity index (χ3n) is 7.39. The van der Waals surface area contributed by atoms with E-state index in [-0.39, 0.29) is 25.4 Å². The maximum Gasteiger partial charge on any atom is 0.347 e. The van der Waals surface area contributed by atoms with Gasteiger partial charge in [0.1, 0.15) is 24.2 Å². The highest BCUT2D eigenvalue weighted by Gasteiger charge is 2.63. The van der Waals surface area contributed by atoms with E-state index in [4.69, 9.17) is 31.0 Å². The van der Waals surface area contributed by atoms with Crippen molar-refractivity contribution in [3.05, 3.63) is 60.1 Å². The maximum atomic E-state index is 15.7. The number of carboxylic acid groups (broad SMARTS) is 1. The van der Waals surface area contributed by atoms with Gasteiger partial charge in [-0.15, -0.1) is 0 Å². The van der Waals surface area contributed by atoms with Gasteiger partial charge < -0.3 is 29.9 Å². The number of anilines is 2. The fraction of sp³-hybridized carbons (Fsp3) is 0.367. The Hall–Kier alpha value is -4.83. The largest absolute Gasteiger partial charge is 0.489 e. The van der Waals surface area contributed by atoms with Crippen molar-refractivity contribution in [2.24, 2.45) is 0 Å². The van der Waals surface area contributed by atoms with E-state index >= 15 is 8.78 Å². The number of pyridine rings is 3. The summed E-state index contributed by atoms with van der Waals surface area (Å²) >= 11 is 6.41. The van der Waals surface area contributed by atoms with E-state index in [0.717, 1.165) is 4.90 Å². The van der Waals surface area contributed by atoms with Gasteiger partial charge in [-0.25, -0.2) is 28.5 Å². The number of piperidine rings is 1. The van der Waals surface area contributed by atoms with Crippen LogP contribution in [0.1, 0.15) is 20.3 Å². The van der Waals surface area contributed by atoms with Crippen LogP contribution in [-0.4, -0.2) is 97.4 Å². The van der Waals surface area contributed by atoms with Crippen LogP contribution in [0.3, 0.4) is 0 Å². The van der Waals surface area contributed by atoms with Gasteiger partial charge in [0.05, 0.1) is 53.6 Å². The number of methoxy groups -OCH3 is 1. The Labute approximate surface area is 271 Å². The number of nitrogens with zero attached hydrogens (tertiary/aromatic N) is 6. The minimum Gasteiger partial charge on any atom is -0.489 e. The number of piperazine rings is 1. The maximum absolute atomic E-state index is 15.7. The molecule has 0 aliphatic carbocycles. The first-order valence-electron chi connectivity index (χ1n) is 14.2. The van der Waals surface area contributed by atoms with E-state index in [1.807, 2.05) is 0 Å². The summed E-state index contributed by atoms with van der Waals surface area (Å²) in [6.45, 7) is 1.94. The Bertz CT molecular complexity index is 1750. The Kier molecular flexibility index (Phi) is 9.36. The first-order chi connectivity index (χ1) is 22.2. The normalized spacial score (nSPS) is 18.1. The van der Waals surface area contributed by atoms with E-state index in [0.29, 0.717) is 39.0 Å². The smallest absolute Gasteiger partial charge is 0.347 e. The van der Waals surface area contributed by atoms with Crippen molar-refractivity contribution in [2.45, 2.75) is 44.0 Å². The van der Waals surface area contributed by atoms with Crippen molar-refractivity contribution in [3.8, 4) is 22.8 Å². The zero-order valence-electron chi connectivity index (χ0n) is 25.4. The number of carbonyl (C=O) groups is 2. The molecule has 47 heavy (non-hydrogen) atoms. The summed E-state index contributed by atoms with van der Waals surface area (Å²) in [7, 11) is 1.47. The van der Waals surface area contributed by atoms with E-state index in [1.165, 1.54) is 36.7 Å². The predicted octanol–water partition coefficient (Wildman–Crippen LogP) is 4.73. The number of urea groups is 1. The van der Waals surface area contributed by atoms with Gasteiger partial charge in [0.2, 0.25) is 5.88 Å². The van der Waals surface area contributed by atoms with Crippen LogP contribution in [0.25, 0.3) is 16.6 Å². The highest BCUT2D eigenvalue weighted by atomic mass is 35.5. The number of ether oxygens (including phenoxy) is 2. The molecule has 3 N–H and O–H groups in total. The van der Waals surface area contributed by atoms with Crippen LogP contribution in [-0.2, 0) is 4.79 Å². The van der Waals surface area contributed by atoms with Gasteiger partial charge in [0.25, 0.3) is 0 Å². The van der Waals surface area contributed by atoms with Gasteiger partial charge in [0.15, 0.2) is 6.67 Å². The number of rotatable bonds is 8. The molecule has 7 rings (SSSR count). The number of amides is 2. The van der Waals surface area contributed by atoms with Gasteiger partial charge >= 0.3 is 18.0 Å². The fourth-order valence-electron chi connectivity index (χ4n) is 5.23. The lowest BCUT2D eigenvalue weighted by Crippen LogP contribution is -2.78. The van der Waals surface area contributed by atoms with Crippen molar-refractivity contribution in [3.63, 3.8) is 0 Å². The second kappa shape index (κ2) is 13.1. The van der Waals surface area contributed by atoms with Crippen molar-refractivity contribution in [1.82, 2.24) is 24.5 Å². The quantitative estimate of drug-likeness (QED) is 0.223. The lowest BCUT2D eigenvalue weighted by Gasteiger charge is -2.59. The highest BCUT2D eigenvalue weighted by Crippen LogP contribution is 2.47. The van der Waals surface area contributed by atoms with Crippen LogP contribution >= 0.6 is 11.6 Å². The Morgan fingerprint density at radius 3 is 2.49 bits per heavy atom. The van der Waals surface area contributed by atoms with Crippen LogP contribution in [0.4, 0.5) is 29.5 Å². The second-order valence-corrected chi connectivity index (χ2v) is 11.8. The lowest BCUT2D eigenvalue weighted by atomic mass is 9.85. The minimum atomic E-state index is -3.34. The molecule has 17 heteroatoms. The molecule has 13 nitrogen and oxygen atoms in total. The standard InChI is InChI=1S/C28H28ClF2N7O4.C2H3FO2/c1-27(2,40)15-42-19-9-20(25-21(29)12-34-37(25)14-19)16-4-6-23(32-10-16)36-13-18-8-22(28(36,30)31)38(18)26(39)35-17-5-7-24(41-3)33-11-17;3-1-2(4)5/h4-7,9-12,14,18,22,40H,8,13,15H2,1-3H3,(H,35,39);1H2,(H,4,5). The fourth-order valence-corrected chi connectivity index (χ4v) is 5.46. The average Bonchev–Trinajstić information content (AvgIpc) is 3.39. The lowest BCUT2D eigenvalue weighted by molar-refractivity contribution is -0.157. The number of carbonyl (C=O) groups excluding carboxylic acids is 1. The molecule has 4 aromatic heterocycles. The molecule has 3 saturated heterocycles. The van der Waals surface area contributed by atoms with Crippen molar-refractivity contribution in [2.75, 3.05) is 37.2 Å². The van der Waals surface area contributed by atoms with Crippen LogP contribution in [0.5, 0.6) is 11.6 Å². The topological polar surface area (TPSA) is 155 Å². The molecule has 3 aliphatic heterocycles. The molecule has 3 fully saturated rings. The number of carboxylic acids is 1. The molecule has 7 heterocycles. The molecule has 0 saturated carbocycles. The molecule has 3 aliphatic rings. The van der Waals surface area contributed by atoms with Gasteiger partial charge in [-0.1, -0.05) is 11.6 Å². The number of aromatic nitrogens is 4. The number of hydrogen-bond acceptors (Lipinski definition) is 9. The van der Waals surface area contributed by atoms with E-state index < -0.39 is 42.4 Å². The summed E-state index contributed by atoms with van der Waals surface area (Å²) < 4.78 is 54.2. The van der Waals surface area contributed by atoms with E-state index in [2.05, 4.69) is 20.4 Å². The number of fused-ring (bicyclic) bond motifs is 3. The summed E-state index contributed by atoms with van der Waals surface area (Å²) in [6, 6.07) is 2.44. The zero-order chi connectivity index (χ0) is 34.1. The monoisotopic (exact) mass is 677 g/mol. The summed E-state index contributed by atoms with van der Waals surface area (Å²) in [4.78, 5) is 32.4. The Balaban J connectivity index is 0.000000807. The molecule has 2 unspecified atom stereocenters. The summed E-state index contributed by atoms with van der Waals surface area (Å²) in [5.74, 6) is -0.512. The number of aliphatic hydroxyl groups is 1. The minimum absolute atomic E-state index is 0.0442. The van der Waals surface area contributed by atoms with Crippen molar-refractivity contribution >= 4 is 40.6 Å². The van der Waals surface area contributed by atoms with E-state index in [1.54, 1.807) is 48.8 Å². The molecule has 2 amide bonds. The number of aliphatic carboxylic acids is 1. The van der Waals surface area contributed by atoms with Crippen LogP contribution < -0.4 is 19.7 Å². The van der Waals surface area contributed by atoms with Gasteiger partial charge in [-0.2, -0.15) is 13.9 Å². The Morgan fingerprint density at radius 1 is 1.17 bits per heavy atom. The number of halogens is 4. The average molecular weight is 678 g/mol. The molecular weight excluding hydrogens is 647 g/mol. The van der Waals surface area contributed by atoms with Crippen LogP contribution in [0.15, 0.2) is 55.1 Å². The van der Waals surface area contributed by atoms with Crippen molar-refractivity contribution in [1.29, 1.82) is 0 Å². The predicted molar refractivity (Wildman–Crippen MR) is 165 cm³/mol. The first kappa shape index (κ1) is 33.5. The Morgan fingerprint density at radius 2 is 1.91 bits per heavy atom. The molecule has 0 radical (unpaired) electrons. The third-order valence-corrected chi connectivity index (χ3v) is 7.67. The highest BCUT2D eigenvalue weighted by molar-refractivity contribution is 6.34.